The van der Waals surface area contributed by atoms with Crippen LogP contribution in [0.25, 0.3) is 10.9 Å². The number of para-hydroxylation sites is 1. The van der Waals surface area contributed by atoms with Crippen molar-refractivity contribution in [1.29, 1.82) is 0 Å². The van der Waals surface area contributed by atoms with Crippen molar-refractivity contribution in [2.75, 3.05) is 13.2 Å². The first-order valence-corrected chi connectivity index (χ1v) is 8.13. The van der Waals surface area contributed by atoms with Gasteiger partial charge in [0.25, 0.3) is 11.8 Å². The molecule has 8 nitrogen and oxygen atoms in total. The molecule has 2 amide bonds. The Bertz CT molecular complexity index is 973. The molecular formula is C19H17N3O5. The lowest BCUT2D eigenvalue weighted by Crippen LogP contribution is -2.28. The number of ether oxygens (including phenoxy) is 1. The molecule has 0 atom stereocenters. The summed E-state index contributed by atoms with van der Waals surface area (Å²) in [5.41, 5.74) is 2.49. The lowest BCUT2D eigenvalue weighted by atomic mass is 10.2. The number of nitrogens with zero attached hydrogens (tertiary/aromatic N) is 1. The third-order valence-corrected chi connectivity index (χ3v) is 3.80. The predicted octanol–water partition coefficient (Wildman–Crippen LogP) is 1.87. The van der Waals surface area contributed by atoms with E-state index in [4.69, 9.17) is 9.94 Å². The highest BCUT2D eigenvalue weighted by molar-refractivity contribution is 5.96. The van der Waals surface area contributed by atoms with Crippen LogP contribution in [0.15, 0.2) is 54.6 Å². The molecular weight excluding hydrogens is 350 g/mol. The largest absolute Gasteiger partial charge is 0.507 e. The van der Waals surface area contributed by atoms with Crippen LogP contribution in [0.1, 0.15) is 20.8 Å². The smallest absolute Gasteiger partial charge is 0.274 e. The van der Waals surface area contributed by atoms with Crippen LogP contribution in [0.5, 0.6) is 11.5 Å². The molecule has 2 aromatic carbocycles. The van der Waals surface area contributed by atoms with Gasteiger partial charge in [-0.1, -0.05) is 12.1 Å². The standard InChI is InChI=1S/C19H17N3O5/c23-17-11-16(21-15-4-2-1-3-14(15)17)19(25)20-9-10-27-13-7-5-12(6-8-13)18(24)22-26/h1-8,11,26H,9-10H2,(H,20,25)(H,21,23)(H,22,24). The van der Waals surface area contributed by atoms with E-state index in [2.05, 4.69) is 10.3 Å². The maximum absolute atomic E-state index is 12.2. The van der Waals surface area contributed by atoms with E-state index < -0.39 is 11.8 Å². The minimum absolute atomic E-state index is 0.00555. The average molecular weight is 367 g/mol. The molecule has 0 saturated carbocycles. The molecule has 0 spiro atoms. The molecule has 0 aliphatic heterocycles. The van der Waals surface area contributed by atoms with Gasteiger partial charge in [-0.15, -0.1) is 0 Å². The number of hydroxylamine groups is 1. The second kappa shape index (κ2) is 8.15. The molecule has 27 heavy (non-hydrogen) atoms. The number of fused-ring (bicyclic) bond motifs is 1. The Morgan fingerprint density at radius 2 is 1.78 bits per heavy atom. The van der Waals surface area contributed by atoms with Gasteiger partial charge in [-0.2, -0.15) is 0 Å². The van der Waals surface area contributed by atoms with Crippen LogP contribution in [0.3, 0.4) is 0 Å². The van der Waals surface area contributed by atoms with Crippen molar-refractivity contribution in [3.05, 3.63) is 65.9 Å². The minimum Gasteiger partial charge on any atom is -0.507 e. The number of rotatable bonds is 6. The molecule has 4 N–H and O–H groups in total. The fourth-order valence-electron chi connectivity index (χ4n) is 2.46. The summed E-state index contributed by atoms with van der Waals surface area (Å²) in [4.78, 5) is 27.7. The van der Waals surface area contributed by atoms with Gasteiger partial charge < -0.3 is 15.2 Å². The van der Waals surface area contributed by atoms with Crippen molar-refractivity contribution in [3.8, 4) is 11.5 Å². The number of hydrogen-bond donors (Lipinski definition) is 4. The molecule has 0 aliphatic carbocycles. The van der Waals surface area contributed by atoms with E-state index in [1.54, 1.807) is 41.9 Å². The quantitative estimate of drug-likeness (QED) is 0.300. The Morgan fingerprint density at radius 3 is 2.52 bits per heavy atom. The summed E-state index contributed by atoms with van der Waals surface area (Å²) in [5, 5.41) is 21.8. The van der Waals surface area contributed by atoms with Crippen molar-refractivity contribution in [3.63, 3.8) is 0 Å². The highest BCUT2D eigenvalue weighted by atomic mass is 16.5. The maximum atomic E-state index is 12.2. The van der Waals surface area contributed by atoms with Crippen molar-refractivity contribution < 1.29 is 24.6 Å². The summed E-state index contributed by atoms with van der Waals surface area (Å²) in [6.07, 6.45) is 0. The Hall–Kier alpha value is -3.65. The highest BCUT2D eigenvalue weighted by Gasteiger charge is 2.11. The van der Waals surface area contributed by atoms with Gasteiger partial charge in [-0.25, -0.2) is 10.5 Å². The summed E-state index contributed by atoms with van der Waals surface area (Å²) < 4.78 is 5.48. The van der Waals surface area contributed by atoms with E-state index in [1.807, 2.05) is 0 Å². The molecule has 1 heterocycles. The zero-order valence-electron chi connectivity index (χ0n) is 14.2. The lowest BCUT2D eigenvalue weighted by Gasteiger charge is -2.09. The fourth-order valence-corrected chi connectivity index (χ4v) is 2.46. The first-order chi connectivity index (χ1) is 13.1. The average Bonchev–Trinajstić information content (AvgIpc) is 2.71. The van der Waals surface area contributed by atoms with Gasteiger partial charge >= 0.3 is 0 Å². The molecule has 0 fully saturated rings. The molecule has 138 valence electrons. The third kappa shape index (κ3) is 4.31. The molecule has 3 aromatic rings. The van der Waals surface area contributed by atoms with Gasteiger partial charge in [0.1, 0.15) is 23.8 Å². The van der Waals surface area contributed by atoms with E-state index in [1.165, 1.54) is 18.2 Å². The summed E-state index contributed by atoms with van der Waals surface area (Å²) in [5.74, 6) is -0.524. The molecule has 3 rings (SSSR count). The van der Waals surface area contributed by atoms with E-state index >= 15 is 0 Å². The molecule has 0 aliphatic rings. The Kier molecular flexibility index (Phi) is 5.48. The summed E-state index contributed by atoms with van der Waals surface area (Å²) in [7, 11) is 0. The van der Waals surface area contributed by atoms with Gasteiger partial charge in [0, 0.05) is 17.0 Å². The minimum atomic E-state index is -0.611. The van der Waals surface area contributed by atoms with Crippen LogP contribution in [0.4, 0.5) is 0 Å². The molecule has 0 radical (unpaired) electrons. The Labute approximate surface area is 154 Å². The van der Waals surface area contributed by atoms with Crippen LogP contribution in [0, 0.1) is 0 Å². The van der Waals surface area contributed by atoms with Crippen LogP contribution in [-0.4, -0.2) is 40.3 Å². The second-order valence-corrected chi connectivity index (χ2v) is 5.61. The fraction of sp³-hybridized carbons (Fsp3) is 0.105. The Balaban J connectivity index is 1.53. The number of carbonyl (C=O) groups excluding carboxylic acids is 2. The van der Waals surface area contributed by atoms with Crippen molar-refractivity contribution in [2.45, 2.75) is 0 Å². The molecule has 1 aromatic heterocycles. The topological polar surface area (TPSA) is 121 Å². The van der Waals surface area contributed by atoms with Crippen LogP contribution in [0.2, 0.25) is 0 Å². The molecule has 0 unspecified atom stereocenters. The number of pyridine rings is 1. The first-order valence-electron chi connectivity index (χ1n) is 8.13. The molecule has 0 saturated heterocycles. The van der Waals surface area contributed by atoms with Crippen molar-refractivity contribution >= 4 is 22.7 Å². The maximum Gasteiger partial charge on any atom is 0.274 e. The van der Waals surface area contributed by atoms with E-state index in [-0.39, 0.29) is 24.6 Å². The number of aromatic nitrogens is 1. The van der Waals surface area contributed by atoms with E-state index in [0.717, 1.165) is 0 Å². The van der Waals surface area contributed by atoms with Crippen LogP contribution >= 0.6 is 0 Å². The van der Waals surface area contributed by atoms with Crippen molar-refractivity contribution in [1.82, 2.24) is 15.8 Å². The third-order valence-electron chi connectivity index (χ3n) is 3.80. The number of aromatic hydroxyl groups is 1. The predicted molar refractivity (Wildman–Crippen MR) is 96.9 cm³/mol. The van der Waals surface area contributed by atoms with Crippen LogP contribution in [-0.2, 0) is 0 Å². The van der Waals surface area contributed by atoms with Gasteiger partial charge in [-0.3, -0.25) is 14.8 Å². The zero-order chi connectivity index (χ0) is 19.2. The van der Waals surface area contributed by atoms with Gasteiger partial charge in [0.2, 0.25) is 0 Å². The number of hydrogen-bond acceptors (Lipinski definition) is 6. The number of nitrogens with one attached hydrogen (secondary N) is 2. The van der Waals surface area contributed by atoms with E-state index in [0.29, 0.717) is 22.2 Å². The van der Waals surface area contributed by atoms with Gasteiger partial charge in [0.05, 0.1) is 12.1 Å². The van der Waals surface area contributed by atoms with Gasteiger partial charge in [0.15, 0.2) is 0 Å². The highest BCUT2D eigenvalue weighted by Crippen LogP contribution is 2.23. The number of benzene rings is 2. The van der Waals surface area contributed by atoms with Gasteiger partial charge in [-0.05, 0) is 36.4 Å². The van der Waals surface area contributed by atoms with E-state index in [9.17, 15) is 14.7 Å². The monoisotopic (exact) mass is 367 g/mol. The zero-order valence-corrected chi connectivity index (χ0v) is 14.2. The molecule has 0 bridgehead atoms. The number of carbonyl (C=O) groups is 2. The normalized spacial score (nSPS) is 10.4. The first kappa shape index (κ1) is 18.2. The summed E-state index contributed by atoms with van der Waals surface area (Å²) in [6, 6.07) is 14.5. The summed E-state index contributed by atoms with van der Waals surface area (Å²) >= 11 is 0. The Morgan fingerprint density at radius 1 is 1.04 bits per heavy atom. The summed E-state index contributed by atoms with van der Waals surface area (Å²) in [6.45, 7) is 0.434. The van der Waals surface area contributed by atoms with Crippen LogP contribution < -0.4 is 15.5 Å². The number of amides is 2. The molecule has 8 heteroatoms. The van der Waals surface area contributed by atoms with Crippen molar-refractivity contribution in [2.24, 2.45) is 0 Å². The lowest BCUT2D eigenvalue weighted by molar-refractivity contribution is 0.0706. The SMILES string of the molecule is O=C(NO)c1ccc(OCCNC(=O)c2cc(O)c3ccccc3n2)cc1. The second-order valence-electron chi connectivity index (χ2n) is 5.61.